The highest BCUT2D eigenvalue weighted by Crippen LogP contribution is 2.41. The topological polar surface area (TPSA) is 242 Å². The molecule has 2 aromatic rings. The second kappa shape index (κ2) is 13.8. The average molecular weight is 670 g/mol. The van der Waals surface area contributed by atoms with Crippen molar-refractivity contribution < 1.29 is 33.9 Å². The van der Waals surface area contributed by atoms with E-state index in [1.54, 1.807) is 34.6 Å². The number of β-lactam (4-membered cyclic amide) rings is 1. The summed E-state index contributed by atoms with van der Waals surface area (Å²) < 4.78 is 10.7. The van der Waals surface area contributed by atoms with Gasteiger partial charge in [0.2, 0.25) is 16.7 Å². The third kappa shape index (κ3) is 7.94. The van der Waals surface area contributed by atoms with E-state index in [9.17, 15) is 24.3 Å². The summed E-state index contributed by atoms with van der Waals surface area (Å²) in [6.45, 7) is 9.15. The number of tetrazole rings is 1. The summed E-state index contributed by atoms with van der Waals surface area (Å²) in [6.07, 6.45) is -0.919. The van der Waals surface area contributed by atoms with E-state index >= 15 is 0 Å². The molecule has 4 rings (SSSR count). The van der Waals surface area contributed by atoms with Gasteiger partial charge < -0.3 is 31.0 Å². The predicted octanol–water partition coefficient (Wildman–Crippen LogP) is 0.292. The Balaban J connectivity index is 1.40. The predicted molar refractivity (Wildman–Crippen MR) is 160 cm³/mol. The van der Waals surface area contributed by atoms with Gasteiger partial charge in [0.1, 0.15) is 28.8 Å². The molecule has 2 atom stereocenters. The van der Waals surface area contributed by atoms with Crippen LogP contribution in [-0.2, 0) is 30.5 Å². The molecule has 0 spiro atoms. The second-order valence-electron chi connectivity index (χ2n) is 10.6. The minimum atomic E-state index is -1.28. The maximum absolute atomic E-state index is 13.2. The number of hydrogen-bond acceptors (Lipinski definition) is 16. The molecule has 0 saturated carbocycles. The Morgan fingerprint density at radius 2 is 2.05 bits per heavy atom. The largest absolute Gasteiger partial charge is 0.477 e. The van der Waals surface area contributed by atoms with Gasteiger partial charge >= 0.3 is 12.1 Å². The van der Waals surface area contributed by atoms with Crippen molar-refractivity contribution in [1.29, 1.82) is 0 Å². The molecule has 44 heavy (non-hydrogen) atoms. The monoisotopic (exact) mass is 669 g/mol. The molecule has 2 aliphatic heterocycles. The van der Waals surface area contributed by atoms with Crippen LogP contribution in [0.3, 0.4) is 0 Å². The maximum atomic E-state index is 13.2. The first-order valence-corrected chi connectivity index (χ1v) is 16.0. The Morgan fingerprint density at radius 1 is 1.30 bits per heavy atom. The minimum Gasteiger partial charge on any atom is -0.477 e. The van der Waals surface area contributed by atoms with Crippen molar-refractivity contribution in [3.8, 4) is 0 Å². The Labute approximate surface area is 263 Å². The standard InChI is InChI=1S/C23H31N11O7S3/c1-10(2)41-29-12(15-27-20(24)44-30-15)16(35)26-13-17(36)34-14(19(37)38)11(8-42-18(13)34)9-43-21-28-31-32-33(21)7-6-25-22(39)40-23(3,4)5/h10,13,18H,6-9H2,1-5H3,(H,25,39)(H,26,35)(H,37,38)(H2,24,27,30)/t13?,18-/m0/s1. The lowest BCUT2D eigenvalue weighted by Crippen LogP contribution is -2.71. The van der Waals surface area contributed by atoms with Gasteiger partial charge in [0.25, 0.3) is 11.8 Å². The van der Waals surface area contributed by atoms with Crippen LogP contribution >= 0.6 is 35.1 Å². The van der Waals surface area contributed by atoms with Gasteiger partial charge in [0, 0.05) is 29.6 Å². The molecule has 3 amide bonds. The van der Waals surface area contributed by atoms with Crippen molar-refractivity contribution in [2.24, 2.45) is 5.16 Å². The van der Waals surface area contributed by atoms with E-state index in [4.69, 9.17) is 15.3 Å². The summed E-state index contributed by atoms with van der Waals surface area (Å²) in [7, 11) is 0. The number of thioether (sulfide) groups is 2. The number of carbonyl (C=O) groups excluding carboxylic acids is 3. The number of aromatic nitrogens is 6. The first kappa shape index (κ1) is 32.9. The number of ether oxygens (including phenoxy) is 1. The number of alkyl carbamates (subject to hydrolysis) is 1. The summed E-state index contributed by atoms with van der Waals surface area (Å²) in [6, 6.07) is -1.01. The highest BCUT2D eigenvalue weighted by molar-refractivity contribution is 8.01. The van der Waals surface area contributed by atoms with E-state index in [-0.39, 0.29) is 53.1 Å². The fraction of sp³-hybridized carbons (Fsp3) is 0.565. The SMILES string of the molecule is CC(C)ON=C(C(=O)NC1C(=O)N2C(C(=O)O)=C(CSc3nnnn3CCNC(=O)OC(C)(C)C)CS[C@@H]12)c1nsc(N)n1. The maximum Gasteiger partial charge on any atom is 0.407 e. The van der Waals surface area contributed by atoms with Gasteiger partial charge in [-0.1, -0.05) is 16.9 Å². The molecule has 0 radical (unpaired) electrons. The molecule has 0 aromatic carbocycles. The van der Waals surface area contributed by atoms with Crippen LogP contribution in [-0.4, -0.2) is 110 Å². The first-order valence-electron chi connectivity index (χ1n) is 13.1. The molecule has 2 aromatic heterocycles. The Hall–Kier alpha value is -3.98. The molecule has 238 valence electrons. The van der Waals surface area contributed by atoms with Gasteiger partial charge in [-0.15, -0.1) is 16.9 Å². The summed E-state index contributed by atoms with van der Waals surface area (Å²) in [5.74, 6) is -2.24. The van der Waals surface area contributed by atoms with Crippen LogP contribution in [0.5, 0.6) is 0 Å². The van der Waals surface area contributed by atoms with Crippen LogP contribution in [0.25, 0.3) is 0 Å². The van der Waals surface area contributed by atoms with Crippen LogP contribution in [0, 0.1) is 0 Å². The zero-order valence-corrected chi connectivity index (χ0v) is 26.8. The summed E-state index contributed by atoms with van der Waals surface area (Å²) in [5.41, 5.74) is 5.08. The summed E-state index contributed by atoms with van der Waals surface area (Å²) in [4.78, 5) is 60.8. The third-order valence-corrected chi connectivity index (χ3v) is 8.55. The van der Waals surface area contributed by atoms with Crippen LogP contribution in [0.15, 0.2) is 21.6 Å². The molecule has 5 N–H and O–H groups in total. The number of fused-ring (bicyclic) bond motifs is 1. The molecule has 1 saturated heterocycles. The van der Waals surface area contributed by atoms with E-state index < -0.39 is 40.9 Å². The number of carboxylic acid groups (broad SMARTS) is 1. The van der Waals surface area contributed by atoms with Crippen molar-refractivity contribution in [3.63, 3.8) is 0 Å². The van der Waals surface area contributed by atoms with E-state index in [1.807, 2.05) is 0 Å². The van der Waals surface area contributed by atoms with Gasteiger partial charge in [-0.2, -0.15) is 9.36 Å². The molecule has 0 aliphatic carbocycles. The molecule has 1 unspecified atom stereocenters. The zero-order chi connectivity index (χ0) is 32.2. The molecular weight excluding hydrogens is 639 g/mol. The summed E-state index contributed by atoms with van der Waals surface area (Å²) in [5, 5.41) is 30.5. The Morgan fingerprint density at radius 3 is 2.68 bits per heavy atom. The lowest BCUT2D eigenvalue weighted by molar-refractivity contribution is -0.150. The highest BCUT2D eigenvalue weighted by atomic mass is 32.2. The number of nitrogens with zero attached hydrogens (tertiary/aromatic N) is 8. The van der Waals surface area contributed by atoms with Crippen molar-refractivity contribution in [1.82, 2.24) is 45.1 Å². The van der Waals surface area contributed by atoms with Crippen LogP contribution in [0.1, 0.15) is 40.4 Å². The van der Waals surface area contributed by atoms with Crippen molar-refractivity contribution in [2.75, 3.05) is 23.8 Å². The average Bonchev–Trinajstić information content (AvgIpc) is 3.57. The molecule has 1 fully saturated rings. The van der Waals surface area contributed by atoms with E-state index in [0.29, 0.717) is 10.7 Å². The quantitative estimate of drug-likeness (QED) is 0.103. The van der Waals surface area contributed by atoms with Crippen molar-refractivity contribution in [3.05, 3.63) is 17.1 Å². The van der Waals surface area contributed by atoms with E-state index in [0.717, 1.165) is 16.4 Å². The fourth-order valence-corrected chi connectivity index (χ4v) is 6.67. The van der Waals surface area contributed by atoms with E-state index in [1.165, 1.54) is 28.2 Å². The Bertz CT molecular complexity index is 1480. The number of anilines is 1. The van der Waals surface area contributed by atoms with Crippen LogP contribution < -0.4 is 16.4 Å². The van der Waals surface area contributed by atoms with Gasteiger partial charge in [-0.3, -0.25) is 14.5 Å². The number of nitrogens with two attached hydrogens (primary N) is 1. The van der Waals surface area contributed by atoms with Gasteiger partial charge in [-0.05, 0) is 50.6 Å². The second-order valence-corrected chi connectivity index (χ2v) is 13.4. The smallest absolute Gasteiger partial charge is 0.407 e. The number of carboxylic acids is 1. The number of aliphatic carboxylic acids is 1. The number of nitrogens with one attached hydrogen (secondary N) is 2. The number of oxime groups is 1. The number of amides is 3. The van der Waals surface area contributed by atoms with Gasteiger partial charge in [-0.25, -0.2) is 14.3 Å². The lowest BCUT2D eigenvalue weighted by Gasteiger charge is -2.49. The third-order valence-electron chi connectivity index (χ3n) is 5.63. The number of hydrogen-bond donors (Lipinski definition) is 4. The lowest BCUT2D eigenvalue weighted by atomic mass is 10.0. The molecule has 21 heteroatoms. The highest BCUT2D eigenvalue weighted by Gasteiger charge is 2.54. The number of rotatable bonds is 12. The van der Waals surface area contributed by atoms with Gasteiger partial charge in [0.05, 0.1) is 6.54 Å². The van der Waals surface area contributed by atoms with Crippen molar-refractivity contribution >= 4 is 69.8 Å². The normalized spacial score (nSPS) is 18.5. The fourth-order valence-electron chi connectivity index (χ4n) is 3.85. The Kier molecular flexibility index (Phi) is 10.3. The number of carbonyl (C=O) groups is 4. The molecule has 2 aliphatic rings. The van der Waals surface area contributed by atoms with Crippen LogP contribution in [0.2, 0.25) is 0 Å². The number of nitrogen functional groups attached to an aromatic ring is 1. The van der Waals surface area contributed by atoms with Gasteiger partial charge in [0.15, 0.2) is 5.13 Å². The zero-order valence-electron chi connectivity index (χ0n) is 24.3. The van der Waals surface area contributed by atoms with Crippen LogP contribution in [0.4, 0.5) is 9.93 Å². The van der Waals surface area contributed by atoms with Crippen molar-refractivity contribution in [2.45, 2.75) is 69.4 Å². The molecule has 0 bridgehead atoms. The molecule has 18 nitrogen and oxygen atoms in total. The molecular formula is C23H31N11O7S3. The van der Waals surface area contributed by atoms with E-state index in [2.05, 4.69) is 40.7 Å². The first-order chi connectivity index (χ1) is 20.7. The molecule has 4 heterocycles. The minimum absolute atomic E-state index is 0.0565. The summed E-state index contributed by atoms with van der Waals surface area (Å²) >= 11 is 3.36.